The van der Waals surface area contributed by atoms with E-state index in [1.165, 1.54) is 5.56 Å². The number of hydrazone groups is 1. The number of nitrogens with one attached hydrogen (secondary N) is 2. The van der Waals surface area contributed by atoms with Crippen LogP contribution in [-0.2, 0) is 11.3 Å². The molecule has 0 saturated heterocycles. The van der Waals surface area contributed by atoms with E-state index in [0.29, 0.717) is 5.56 Å². The van der Waals surface area contributed by atoms with E-state index in [1.807, 2.05) is 91.1 Å². The first-order valence-electron chi connectivity index (χ1n) is 12.5. The number of para-hydroxylation sites is 1. The highest BCUT2D eigenvalue weighted by Crippen LogP contribution is 2.21. The van der Waals surface area contributed by atoms with Crippen molar-refractivity contribution < 1.29 is 9.59 Å². The number of carbonyl (C=O) groups excluding carboxylic acids is 2. The maximum atomic E-state index is 12.9. The van der Waals surface area contributed by atoms with Gasteiger partial charge in [-0.1, -0.05) is 97.1 Å². The number of amides is 2. The largest absolute Gasteiger partial charge is 0.345 e. The Kier molecular flexibility index (Phi) is 7.70. The molecule has 0 aliphatic heterocycles. The Balaban J connectivity index is 1.29. The van der Waals surface area contributed by atoms with Gasteiger partial charge in [-0.05, 0) is 29.3 Å². The van der Waals surface area contributed by atoms with E-state index in [9.17, 15) is 9.59 Å². The fourth-order valence-corrected chi connectivity index (χ4v) is 4.46. The molecule has 0 spiro atoms. The fourth-order valence-electron chi connectivity index (χ4n) is 4.46. The number of fused-ring (bicyclic) bond motifs is 1. The van der Waals surface area contributed by atoms with Gasteiger partial charge in [-0.2, -0.15) is 5.10 Å². The zero-order valence-corrected chi connectivity index (χ0v) is 20.8. The molecule has 1 heterocycles. The van der Waals surface area contributed by atoms with Crippen molar-refractivity contribution in [2.24, 2.45) is 5.10 Å². The predicted molar refractivity (Wildman–Crippen MR) is 151 cm³/mol. The standard InChI is InChI=1S/C32H28N4O2/c37-31(20-29(25-14-6-2-7-15-25)34-32(38)26-16-8-3-9-17-26)35-33-21-27-23-36(22-24-12-4-1-5-13-24)30-19-11-10-18-28(27)30/h1-19,21,23,29H,20,22H2,(H,34,38)(H,35,37)/b33-21-/t29-/m1/s1. The first-order chi connectivity index (χ1) is 18.7. The Morgan fingerprint density at radius 3 is 2.16 bits per heavy atom. The first kappa shape index (κ1) is 24.7. The van der Waals surface area contributed by atoms with Crippen LogP contribution in [0, 0.1) is 0 Å². The topological polar surface area (TPSA) is 75.5 Å². The van der Waals surface area contributed by atoms with Crippen LogP contribution in [0.4, 0.5) is 0 Å². The van der Waals surface area contributed by atoms with Crippen LogP contribution in [0.15, 0.2) is 127 Å². The third kappa shape index (κ3) is 6.05. The molecule has 6 heteroatoms. The van der Waals surface area contributed by atoms with Gasteiger partial charge in [0, 0.05) is 34.8 Å². The monoisotopic (exact) mass is 500 g/mol. The van der Waals surface area contributed by atoms with Crippen molar-refractivity contribution in [1.82, 2.24) is 15.3 Å². The molecule has 0 aliphatic rings. The van der Waals surface area contributed by atoms with Crippen LogP contribution in [0.2, 0.25) is 0 Å². The minimum absolute atomic E-state index is 0.0513. The molecule has 0 fully saturated rings. The van der Waals surface area contributed by atoms with Gasteiger partial charge in [-0.15, -0.1) is 0 Å². The van der Waals surface area contributed by atoms with Gasteiger partial charge >= 0.3 is 0 Å². The highest BCUT2D eigenvalue weighted by atomic mass is 16.2. The van der Waals surface area contributed by atoms with Gasteiger partial charge in [-0.25, -0.2) is 5.43 Å². The number of benzene rings is 4. The average Bonchev–Trinajstić information content (AvgIpc) is 3.31. The zero-order chi connectivity index (χ0) is 26.2. The van der Waals surface area contributed by atoms with E-state index in [0.717, 1.165) is 28.6 Å². The lowest BCUT2D eigenvalue weighted by molar-refractivity contribution is -0.121. The SMILES string of the molecule is O=C(C[C@@H](NC(=O)c1ccccc1)c1ccccc1)N/N=C\c1cn(Cc2ccccc2)c2ccccc12. The second-order valence-corrected chi connectivity index (χ2v) is 9.02. The number of carbonyl (C=O) groups is 2. The lowest BCUT2D eigenvalue weighted by Crippen LogP contribution is -2.32. The Morgan fingerprint density at radius 1 is 0.789 bits per heavy atom. The van der Waals surface area contributed by atoms with Gasteiger partial charge in [-0.3, -0.25) is 9.59 Å². The van der Waals surface area contributed by atoms with Crippen molar-refractivity contribution in [3.05, 3.63) is 144 Å². The zero-order valence-electron chi connectivity index (χ0n) is 20.8. The quantitative estimate of drug-likeness (QED) is 0.201. The highest BCUT2D eigenvalue weighted by Gasteiger charge is 2.19. The summed E-state index contributed by atoms with van der Waals surface area (Å²) in [7, 11) is 0. The highest BCUT2D eigenvalue weighted by molar-refractivity contribution is 6.00. The molecule has 0 unspecified atom stereocenters. The molecule has 5 aromatic rings. The van der Waals surface area contributed by atoms with Crippen LogP contribution >= 0.6 is 0 Å². The summed E-state index contributed by atoms with van der Waals surface area (Å²) in [6.07, 6.45) is 3.76. The van der Waals surface area contributed by atoms with E-state index in [1.54, 1.807) is 18.3 Å². The molecule has 0 bridgehead atoms. The van der Waals surface area contributed by atoms with E-state index >= 15 is 0 Å². The Bertz CT molecular complexity index is 1540. The van der Waals surface area contributed by atoms with E-state index in [2.05, 4.69) is 38.6 Å². The van der Waals surface area contributed by atoms with Gasteiger partial charge in [0.05, 0.1) is 18.7 Å². The van der Waals surface area contributed by atoms with Crippen LogP contribution in [0.5, 0.6) is 0 Å². The minimum atomic E-state index is -0.494. The second-order valence-electron chi connectivity index (χ2n) is 9.02. The molecule has 4 aromatic carbocycles. The van der Waals surface area contributed by atoms with Crippen molar-refractivity contribution in [2.45, 2.75) is 19.0 Å². The van der Waals surface area contributed by atoms with E-state index < -0.39 is 6.04 Å². The molecule has 1 aromatic heterocycles. The third-order valence-electron chi connectivity index (χ3n) is 6.34. The molecule has 0 saturated carbocycles. The van der Waals surface area contributed by atoms with Crippen LogP contribution in [0.1, 0.15) is 39.5 Å². The first-order valence-corrected chi connectivity index (χ1v) is 12.5. The lowest BCUT2D eigenvalue weighted by Gasteiger charge is -2.18. The summed E-state index contributed by atoms with van der Waals surface area (Å²) in [5.74, 6) is -0.529. The van der Waals surface area contributed by atoms with Crippen molar-refractivity contribution in [3.63, 3.8) is 0 Å². The van der Waals surface area contributed by atoms with Gasteiger partial charge in [0.1, 0.15) is 0 Å². The van der Waals surface area contributed by atoms with Gasteiger partial charge < -0.3 is 9.88 Å². The van der Waals surface area contributed by atoms with E-state index in [4.69, 9.17) is 0 Å². The molecular weight excluding hydrogens is 472 g/mol. The summed E-state index contributed by atoms with van der Waals surface area (Å²) in [4.78, 5) is 25.7. The fraction of sp³-hybridized carbons (Fsp3) is 0.0938. The number of hydrogen-bond acceptors (Lipinski definition) is 3. The van der Waals surface area contributed by atoms with Crippen LogP contribution < -0.4 is 10.7 Å². The van der Waals surface area contributed by atoms with Crippen molar-refractivity contribution >= 4 is 28.9 Å². The minimum Gasteiger partial charge on any atom is -0.345 e. The molecule has 188 valence electrons. The number of aromatic nitrogens is 1. The smallest absolute Gasteiger partial charge is 0.251 e. The van der Waals surface area contributed by atoms with Crippen LogP contribution in [0.3, 0.4) is 0 Å². The summed E-state index contributed by atoms with van der Waals surface area (Å²) in [6.45, 7) is 0.738. The van der Waals surface area contributed by atoms with Gasteiger partial charge in [0.2, 0.25) is 5.91 Å². The van der Waals surface area contributed by atoms with Crippen molar-refractivity contribution in [2.75, 3.05) is 0 Å². The Labute approximate surface area is 221 Å². The van der Waals surface area contributed by atoms with Crippen LogP contribution in [-0.4, -0.2) is 22.6 Å². The third-order valence-corrected chi connectivity index (χ3v) is 6.34. The second kappa shape index (κ2) is 11.8. The maximum Gasteiger partial charge on any atom is 0.251 e. The molecule has 2 N–H and O–H groups in total. The molecule has 0 aliphatic carbocycles. The lowest BCUT2D eigenvalue weighted by atomic mass is 10.0. The molecule has 6 nitrogen and oxygen atoms in total. The summed E-state index contributed by atoms with van der Waals surface area (Å²) < 4.78 is 2.18. The molecular formula is C32H28N4O2. The molecule has 2 amide bonds. The number of nitrogens with zero attached hydrogens (tertiary/aromatic N) is 2. The maximum absolute atomic E-state index is 12.9. The van der Waals surface area contributed by atoms with Gasteiger partial charge in [0.15, 0.2) is 0 Å². The summed E-state index contributed by atoms with van der Waals surface area (Å²) in [5.41, 5.74) is 7.23. The Hall–Kier alpha value is -4.97. The molecule has 0 radical (unpaired) electrons. The normalized spacial score (nSPS) is 11.9. The number of rotatable bonds is 9. The predicted octanol–water partition coefficient (Wildman–Crippen LogP) is 5.70. The summed E-state index contributed by atoms with van der Waals surface area (Å²) in [6, 6.07) is 36.3. The Morgan fingerprint density at radius 2 is 1.42 bits per heavy atom. The van der Waals surface area contributed by atoms with Gasteiger partial charge in [0.25, 0.3) is 5.91 Å². The van der Waals surface area contributed by atoms with E-state index in [-0.39, 0.29) is 18.2 Å². The van der Waals surface area contributed by atoms with Crippen molar-refractivity contribution in [3.8, 4) is 0 Å². The molecule has 38 heavy (non-hydrogen) atoms. The number of hydrogen-bond donors (Lipinski definition) is 2. The molecule has 1 atom stereocenters. The van der Waals surface area contributed by atoms with Crippen LogP contribution in [0.25, 0.3) is 10.9 Å². The average molecular weight is 501 g/mol. The molecule has 5 rings (SSSR count). The summed E-state index contributed by atoms with van der Waals surface area (Å²) in [5, 5.41) is 8.28. The summed E-state index contributed by atoms with van der Waals surface area (Å²) >= 11 is 0. The van der Waals surface area contributed by atoms with Crippen molar-refractivity contribution in [1.29, 1.82) is 0 Å².